The molecular formula is C19H23N3OS. The van der Waals surface area contributed by atoms with Crippen LogP contribution in [0.2, 0.25) is 0 Å². The minimum absolute atomic E-state index is 0.381. The Labute approximate surface area is 147 Å². The third-order valence-corrected chi connectivity index (χ3v) is 5.40. The summed E-state index contributed by atoms with van der Waals surface area (Å²) in [6.45, 7) is 7.42. The maximum Gasteiger partial charge on any atom is 0.0991 e. The van der Waals surface area contributed by atoms with E-state index in [0.717, 1.165) is 45.0 Å². The molecule has 1 fully saturated rings. The number of ether oxygens (including phenoxy) is 1. The van der Waals surface area contributed by atoms with Gasteiger partial charge in [0.2, 0.25) is 0 Å². The van der Waals surface area contributed by atoms with Crippen LogP contribution in [0.5, 0.6) is 0 Å². The van der Waals surface area contributed by atoms with E-state index in [4.69, 9.17) is 10.00 Å². The lowest BCUT2D eigenvalue weighted by atomic mass is 10.1. The Morgan fingerprint density at radius 2 is 2.12 bits per heavy atom. The van der Waals surface area contributed by atoms with Gasteiger partial charge in [0.25, 0.3) is 0 Å². The zero-order valence-corrected chi connectivity index (χ0v) is 14.8. The predicted molar refractivity (Wildman–Crippen MR) is 97.1 cm³/mol. The monoisotopic (exact) mass is 341 g/mol. The first-order valence-corrected chi connectivity index (χ1v) is 9.16. The molecule has 1 aromatic heterocycles. The average molecular weight is 341 g/mol. The van der Waals surface area contributed by atoms with Crippen LogP contribution in [0.4, 0.5) is 0 Å². The SMILES string of the molecule is Cc1ccc([C@H](CNCc2cccc(C#N)c2)N2CCOCC2)s1. The van der Waals surface area contributed by atoms with Crippen molar-refractivity contribution in [3.05, 3.63) is 57.3 Å². The number of nitrogens with one attached hydrogen (secondary N) is 1. The Morgan fingerprint density at radius 3 is 2.83 bits per heavy atom. The van der Waals surface area contributed by atoms with Crippen molar-refractivity contribution < 1.29 is 4.74 Å². The molecule has 126 valence electrons. The van der Waals surface area contributed by atoms with Crippen molar-refractivity contribution in [2.75, 3.05) is 32.8 Å². The molecule has 2 heterocycles. The van der Waals surface area contributed by atoms with Crippen molar-refractivity contribution in [1.29, 1.82) is 5.26 Å². The minimum Gasteiger partial charge on any atom is -0.379 e. The standard InChI is InChI=1S/C19H23N3OS/c1-15-5-6-19(24-15)18(22-7-9-23-10-8-22)14-21-13-17-4-2-3-16(11-17)12-20/h2-6,11,18,21H,7-10,13-14H2,1H3/t18-/m0/s1. The molecule has 0 saturated carbocycles. The molecule has 0 radical (unpaired) electrons. The van der Waals surface area contributed by atoms with Gasteiger partial charge in [-0.3, -0.25) is 4.90 Å². The van der Waals surface area contributed by atoms with Gasteiger partial charge >= 0.3 is 0 Å². The number of morpholine rings is 1. The second-order valence-corrected chi connectivity index (χ2v) is 7.38. The lowest BCUT2D eigenvalue weighted by molar-refractivity contribution is 0.0168. The number of nitriles is 1. The molecule has 3 rings (SSSR count). The summed E-state index contributed by atoms with van der Waals surface area (Å²) in [6, 6.07) is 14.8. The van der Waals surface area contributed by atoms with Crippen molar-refractivity contribution in [1.82, 2.24) is 10.2 Å². The van der Waals surface area contributed by atoms with Gasteiger partial charge in [0.15, 0.2) is 0 Å². The predicted octanol–water partition coefficient (Wildman–Crippen LogP) is 3.09. The molecule has 0 aliphatic carbocycles. The number of rotatable bonds is 6. The van der Waals surface area contributed by atoms with Crippen molar-refractivity contribution >= 4 is 11.3 Å². The van der Waals surface area contributed by atoms with E-state index in [-0.39, 0.29) is 0 Å². The van der Waals surface area contributed by atoms with Gasteiger partial charge in [-0.05, 0) is 36.8 Å². The lowest BCUT2D eigenvalue weighted by Crippen LogP contribution is -2.42. The highest BCUT2D eigenvalue weighted by molar-refractivity contribution is 7.12. The fourth-order valence-corrected chi connectivity index (χ4v) is 4.05. The Balaban J connectivity index is 1.64. The van der Waals surface area contributed by atoms with Gasteiger partial charge in [0.1, 0.15) is 0 Å². The largest absolute Gasteiger partial charge is 0.379 e. The average Bonchev–Trinajstić information content (AvgIpc) is 3.05. The zero-order valence-electron chi connectivity index (χ0n) is 14.0. The van der Waals surface area contributed by atoms with E-state index in [1.54, 1.807) is 0 Å². The van der Waals surface area contributed by atoms with Crippen LogP contribution in [0.3, 0.4) is 0 Å². The molecule has 0 unspecified atom stereocenters. The van der Waals surface area contributed by atoms with Crippen molar-refractivity contribution in [3.8, 4) is 6.07 Å². The quantitative estimate of drug-likeness (QED) is 0.877. The number of hydrogen-bond acceptors (Lipinski definition) is 5. The summed E-state index contributed by atoms with van der Waals surface area (Å²) < 4.78 is 5.50. The third-order valence-electron chi connectivity index (χ3n) is 4.30. The van der Waals surface area contributed by atoms with Crippen molar-refractivity contribution in [2.24, 2.45) is 0 Å². The number of nitrogens with zero attached hydrogens (tertiary/aromatic N) is 2. The molecule has 0 spiro atoms. The van der Waals surface area contributed by atoms with Crippen LogP contribution < -0.4 is 5.32 Å². The third kappa shape index (κ3) is 4.43. The van der Waals surface area contributed by atoms with Crippen molar-refractivity contribution in [2.45, 2.75) is 19.5 Å². The Kier molecular flexibility index (Phi) is 6.00. The van der Waals surface area contributed by atoms with Crippen LogP contribution in [-0.2, 0) is 11.3 Å². The van der Waals surface area contributed by atoms with Crippen LogP contribution in [0, 0.1) is 18.3 Å². The van der Waals surface area contributed by atoms with Gasteiger partial charge < -0.3 is 10.1 Å². The number of hydrogen-bond donors (Lipinski definition) is 1. The van der Waals surface area contributed by atoms with Crippen LogP contribution in [0.15, 0.2) is 36.4 Å². The topological polar surface area (TPSA) is 48.3 Å². The molecular weight excluding hydrogens is 318 g/mol. The minimum atomic E-state index is 0.381. The molecule has 2 aromatic rings. The lowest BCUT2D eigenvalue weighted by Gasteiger charge is -2.34. The first kappa shape index (κ1) is 17.1. The van der Waals surface area contributed by atoms with Crippen molar-refractivity contribution in [3.63, 3.8) is 0 Å². The van der Waals surface area contributed by atoms with E-state index >= 15 is 0 Å². The Hall–Kier alpha value is -1.71. The van der Waals surface area contributed by atoms with Crippen LogP contribution in [0.25, 0.3) is 0 Å². The summed E-state index contributed by atoms with van der Waals surface area (Å²) in [6.07, 6.45) is 0. The molecule has 24 heavy (non-hydrogen) atoms. The molecule has 1 saturated heterocycles. The smallest absolute Gasteiger partial charge is 0.0991 e. The van der Waals surface area contributed by atoms with E-state index in [2.05, 4.69) is 41.4 Å². The number of thiophene rings is 1. The van der Waals surface area contributed by atoms with E-state index in [1.807, 2.05) is 29.5 Å². The first-order chi connectivity index (χ1) is 11.8. The Morgan fingerprint density at radius 1 is 1.29 bits per heavy atom. The Bertz CT molecular complexity index is 701. The number of aryl methyl sites for hydroxylation is 1. The number of benzene rings is 1. The van der Waals surface area contributed by atoms with E-state index in [9.17, 15) is 0 Å². The second-order valence-electron chi connectivity index (χ2n) is 6.06. The molecule has 1 atom stereocenters. The van der Waals surface area contributed by atoms with Gasteiger partial charge in [-0.1, -0.05) is 12.1 Å². The maximum atomic E-state index is 9.01. The summed E-state index contributed by atoms with van der Waals surface area (Å²) >= 11 is 1.88. The fourth-order valence-electron chi connectivity index (χ4n) is 3.04. The van der Waals surface area contributed by atoms with Gasteiger partial charge in [-0.2, -0.15) is 5.26 Å². The summed E-state index contributed by atoms with van der Waals surface area (Å²) in [5, 5.41) is 12.6. The second kappa shape index (κ2) is 8.41. The van der Waals surface area contributed by atoms with Crippen LogP contribution in [-0.4, -0.2) is 37.7 Å². The molecule has 4 nitrogen and oxygen atoms in total. The van der Waals surface area contributed by atoms with Gasteiger partial charge in [0, 0.05) is 35.9 Å². The normalized spacial score (nSPS) is 16.7. The molecule has 0 amide bonds. The first-order valence-electron chi connectivity index (χ1n) is 8.34. The summed E-state index contributed by atoms with van der Waals surface area (Å²) in [5.74, 6) is 0. The van der Waals surface area contributed by atoms with Crippen LogP contribution in [0.1, 0.15) is 26.9 Å². The van der Waals surface area contributed by atoms with E-state index in [0.29, 0.717) is 11.6 Å². The fraction of sp³-hybridized carbons (Fsp3) is 0.421. The highest BCUT2D eigenvalue weighted by Crippen LogP contribution is 2.28. The van der Waals surface area contributed by atoms with E-state index < -0.39 is 0 Å². The van der Waals surface area contributed by atoms with Gasteiger partial charge in [-0.25, -0.2) is 0 Å². The van der Waals surface area contributed by atoms with E-state index in [1.165, 1.54) is 9.75 Å². The van der Waals surface area contributed by atoms with Crippen LogP contribution >= 0.6 is 11.3 Å². The van der Waals surface area contributed by atoms with Gasteiger partial charge in [0.05, 0.1) is 30.9 Å². The molecule has 1 aliphatic rings. The van der Waals surface area contributed by atoms with Gasteiger partial charge in [-0.15, -0.1) is 11.3 Å². The summed E-state index contributed by atoms with van der Waals surface area (Å²) in [4.78, 5) is 5.27. The maximum absolute atomic E-state index is 9.01. The molecule has 5 heteroatoms. The molecule has 1 N–H and O–H groups in total. The summed E-state index contributed by atoms with van der Waals surface area (Å²) in [5.41, 5.74) is 1.87. The summed E-state index contributed by atoms with van der Waals surface area (Å²) in [7, 11) is 0. The highest BCUT2D eigenvalue weighted by Gasteiger charge is 2.23. The zero-order chi connectivity index (χ0) is 16.8. The molecule has 1 aliphatic heterocycles. The molecule has 1 aromatic carbocycles. The molecule has 0 bridgehead atoms. The highest BCUT2D eigenvalue weighted by atomic mass is 32.1.